The first kappa shape index (κ1) is 33.4. The molecule has 0 bridgehead atoms. The molecule has 0 unspecified atom stereocenters. The lowest BCUT2D eigenvalue weighted by Crippen LogP contribution is -2.34. The number of nitrogens with one attached hydrogen (secondary N) is 1. The lowest BCUT2D eigenvalue weighted by Gasteiger charge is -2.18. The summed E-state index contributed by atoms with van der Waals surface area (Å²) in [5.41, 5.74) is 3.57. The molecule has 0 spiro atoms. The van der Waals surface area contributed by atoms with Crippen LogP contribution in [0.15, 0.2) is 70.8 Å². The third kappa shape index (κ3) is 8.55. The Morgan fingerprint density at radius 3 is 2.07 bits per heavy atom. The van der Waals surface area contributed by atoms with Crippen LogP contribution in [0.2, 0.25) is 10.0 Å². The van der Waals surface area contributed by atoms with Crippen molar-refractivity contribution >= 4 is 47.2 Å². The highest BCUT2D eigenvalue weighted by atomic mass is 35.5. The minimum absolute atomic E-state index is 0.0598. The SMILES string of the molecule is CC(C)c1cccc(C(C)C)c1OC(=O)NC(=O)OCc1nc(C(C)C)c(Sc2cc(Cl)cc(Cl)c2)n1Cc1ccncc1. The maximum absolute atomic E-state index is 12.8. The Kier molecular flexibility index (Phi) is 11.4. The summed E-state index contributed by atoms with van der Waals surface area (Å²) in [6.45, 7) is 12.4. The maximum Gasteiger partial charge on any atom is 0.422 e. The molecule has 2 amide bonds. The van der Waals surface area contributed by atoms with Crippen LogP contribution in [0.5, 0.6) is 5.75 Å². The number of imidazole rings is 1. The quantitative estimate of drug-likeness (QED) is 0.182. The van der Waals surface area contributed by atoms with E-state index in [-0.39, 0.29) is 24.4 Å². The van der Waals surface area contributed by atoms with Gasteiger partial charge in [-0.15, -0.1) is 0 Å². The van der Waals surface area contributed by atoms with Crippen LogP contribution in [0.4, 0.5) is 9.59 Å². The van der Waals surface area contributed by atoms with Gasteiger partial charge in [0.15, 0.2) is 6.61 Å². The molecule has 0 aliphatic heterocycles. The monoisotopic (exact) mass is 654 g/mol. The molecule has 2 aromatic heterocycles. The zero-order valence-electron chi connectivity index (χ0n) is 25.6. The van der Waals surface area contributed by atoms with Crippen molar-refractivity contribution in [1.82, 2.24) is 19.9 Å². The number of hydrogen-bond acceptors (Lipinski definition) is 7. The van der Waals surface area contributed by atoms with Crippen molar-refractivity contribution in [3.63, 3.8) is 0 Å². The second-order valence-corrected chi connectivity index (χ2v) is 13.1. The Bertz CT molecular complexity index is 1580. The van der Waals surface area contributed by atoms with Crippen LogP contribution < -0.4 is 10.1 Å². The second kappa shape index (κ2) is 15.0. The van der Waals surface area contributed by atoms with Gasteiger partial charge in [0.1, 0.15) is 16.6 Å². The number of rotatable bonds is 10. The van der Waals surface area contributed by atoms with E-state index in [0.29, 0.717) is 28.2 Å². The van der Waals surface area contributed by atoms with Crippen LogP contribution in [0, 0.1) is 0 Å². The van der Waals surface area contributed by atoms with Gasteiger partial charge in [0.2, 0.25) is 0 Å². The highest BCUT2D eigenvalue weighted by Gasteiger charge is 2.24. The van der Waals surface area contributed by atoms with Crippen molar-refractivity contribution in [2.45, 2.75) is 82.4 Å². The van der Waals surface area contributed by atoms with E-state index in [4.69, 9.17) is 37.7 Å². The first-order valence-electron chi connectivity index (χ1n) is 14.3. The van der Waals surface area contributed by atoms with Gasteiger partial charge in [-0.1, -0.05) is 94.7 Å². The number of imide groups is 1. The number of halogens is 2. The molecule has 0 radical (unpaired) electrons. The van der Waals surface area contributed by atoms with Crippen molar-refractivity contribution in [1.29, 1.82) is 0 Å². The van der Waals surface area contributed by atoms with E-state index >= 15 is 0 Å². The van der Waals surface area contributed by atoms with Crippen LogP contribution in [-0.4, -0.2) is 26.7 Å². The standard InChI is InChI=1S/C33H36Cl2N4O4S/c1-19(2)26-8-7-9-27(20(3)4)30(26)43-33(41)38-32(40)42-18-28-37-29(21(5)6)31(39(28)17-22-10-12-36-13-11-22)44-25-15-23(34)14-24(35)16-25/h7-16,19-21H,17-18H2,1-6H3,(H,38,40,41). The third-order valence-corrected chi connectivity index (χ3v) is 8.29. The zero-order valence-corrected chi connectivity index (χ0v) is 27.9. The number of carbonyl (C=O) groups is 2. The molecular weight excluding hydrogens is 619 g/mol. The summed E-state index contributed by atoms with van der Waals surface area (Å²) >= 11 is 14.1. The summed E-state index contributed by atoms with van der Waals surface area (Å²) in [5, 5.41) is 4.10. The Labute approximate surface area is 272 Å². The molecule has 232 valence electrons. The molecule has 2 heterocycles. The van der Waals surface area contributed by atoms with Gasteiger partial charge in [-0.3, -0.25) is 4.98 Å². The van der Waals surface area contributed by atoms with Crippen molar-refractivity contribution in [3.05, 3.63) is 99.2 Å². The average molecular weight is 656 g/mol. The highest BCUT2D eigenvalue weighted by molar-refractivity contribution is 7.99. The molecular formula is C33H36Cl2N4O4S. The number of pyridine rings is 1. The van der Waals surface area contributed by atoms with Crippen LogP contribution in [0.25, 0.3) is 0 Å². The predicted molar refractivity (Wildman–Crippen MR) is 174 cm³/mol. The number of amides is 2. The van der Waals surface area contributed by atoms with Gasteiger partial charge in [0.25, 0.3) is 0 Å². The minimum atomic E-state index is -0.941. The van der Waals surface area contributed by atoms with E-state index in [1.165, 1.54) is 11.8 Å². The molecule has 0 saturated heterocycles. The van der Waals surface area contributed by atoms with Crippen molar-refractivity contribution in [2.75, 3.05) is 0 Å². The van der Waals surface area contributed by atoms with E-state index in [2.05, 4.69) is 10.3 Å². The Morgan fingerprint density at radius 2 is 1.50 bits per heavy atom. The Hall–Kier alpha value is -3.53. The van der Waals surface area contributed by atoms with Gasteiger partial charge in [-0.2, -0.15) is 0 Å². The summed E-state index contributed by atoms with van der Waals surface area (Å²) in [4.78, 5) is 35.4. The van der Waals surface area contributed by atoms with E-state index < -0.39 is 12.2 Å². The molecule has 0 atom stereocenters. The largest absolute Gasteiger partial charge is 0.441 e. The van der Waals surface area contributed by atoms with Gasteiger partial charge in [0.05, 0.1) is 12.2 Å². The van der Waals surface area contributed by atoms with Crippen molar-refractivity contribution in [2.24, 2.45) is 0 Å². The molecule has 0 aliphatic rings. The minimum Gasteiger partial charge on any atom is -0.441 e. The molecule has 0 saturated carbocycles. The first-order valence-corrected chi connectivity index (χ1v) is 15.9. The number of nitrogens with zero attached hydrogens (tertiary/aromatic N) is 3. The Balaban J connectivity index is 1.57. The molecule has 8 nitrogen and oxygen atoms in total. The van der Waals surface area contributed by atoms with E-state index in [9.17, 15) is 9.59 Å². The van der Waals surface area contributed by atoms with Crippen LogP contribution in [0.3, 0.4) is 0 Å². The number of hydrogen-bond donors (Lipinski definition) is 1. The molecule has 11 heteroatoms. The predicted octanol–water partition coefficient (Wildman–Crippen LogP) is 9.58. The number of benzene rings is 2. The highest BCUT2D eigenvalue weighted by Crippen LogP contribution is 2.38. The van der Waals surface area contributed by atoms with Gasteiger partial charge in [-0.25, -0.2) is 19.9 Å². The molecule has 4 aromatic rings. The third-order valence-electron chi connectivity index (χ3n) is 6.76. The second-order valence-electron chi connectivity index (χ2n) is 11.2. The lowest BCUT2D eigenvalue weighted by atomic mass is 9.94. The van der Waals surface area contributed by atoms with E-state index in [1.807, 2.05) is 88.6 Å². The molecule has 44 heavy (non-hydrogen) atoms. The number of para-hydroxylation sites is 1. The molecule has 4 rings (SSSR count). The smallest absolute Gasteiger partial charge is 0.422 e. The average Bonchev–Trinajstić information content (AvgIpc) is 3.28. The number of ether oxygens (including phenoxy) is 2. The molecule has 0 aliphatic carbocycles. The topological polar surface area (TPSA) is 95.3 Å². The summed E-state index contributed by atoms with van der Waals surface area (Å²) in [7, 11) is 0. The molecule has 1 N–H and O–H groups in total. The van der Waals surface area contributed by atoms with E-state index in [1.54, 1.807) is 18.5 Å². The number of alkyl carbamates (subject to hydrolysis) is 1. The van der Waals surface area contributed by atoms with Gasteiger partial charge >= 0.3 is 12.2 Å². The van der Waals surface area contributed by atoms with Gasteiger partial charge in [0, 0.05) is 27.3 Å². The fraction of sp³-hybridized carbons (Fsp3) is 0.333. The number of carbonyl (C=O) groups excluding carboxylic acids is 2. The summed E-state index contributed by atoms with van der Waals surface area (Å²) in [5.74, 6) is 1.27. The van der Waals surface area contributed by atoms with Crippen LogP contribution in [-0.2, 0) is 17.9 Å². The maximum atomic E-state index is 12.8. The molecule has 0 fully saturated rings. The fourth-order valence-electron chi connectivity index (χ4n) is 4.60. The summed E-state index contributed by atoms with van der Waals surface area (Å²) < 4.78 is 13.2. The lowest BCUT2D eigenvalue weighted by molar-refractivity contribution is 0.131. The van der Waals surface area contributed by atoms with Gasteiger partial charge in [-0.05, 0) is 64.8 Å². The number of aromatic nitrogens is 3. The Morgan fingerprint density at radius 1 is 0.886 bits per heavy atom. The molecule has 2 aromatic carbocycles. The zero-order chi connectivity index (χ0) is 32.0. The van der Waals surface area contributed by atoms with Crippen molar-refractivity contribution < 1.29 is 19.1 Å². The fourth-order valence-corrected chi connectivity index (χ4v) is 6.51. The van der Waals surface area contributed by atoms with Gasteiger partial charge < -0.3 is 14.0 Å². The first-order chi connectivity index (χ1) is 20.9. The normalized spacial score (nSPS) is 11.3. The summed E-state index contributed by atoms with van der Waals surface area (Å²) in [6.07, 6.45) is 1.58. The van der Waals surface area contributed by atoms with E-state index in [0.717, 1.165) is 32.3 Å². The van der Waals surface area contributed by atoms with Crippen LogP contribution >= 0.6 is 35.0 Å². The van der Waals surface area contributed by atoms with Crippen molar-refractivity contribution in [3.8, 4) is 5.75 Å². The summed E-state index contributed by atoms with van der Waals surface area (Å²) in [6, 6.07) is 14.9. The van der Waals surface area contributed by atoms with Crippen LogP contribution in [0.1, 0.15) is 87.5 Å².